The van der Waals surface area contributed by atoms with Gasteiger partial charge >= 0.3 is 0 Å². The fourth-order valence-corrected chi connectivity index (χ4v) is 2.39. The zero-order valence-corrected chi connectivity index (χ0v) is 11.5. The second kappa shape index (κ2) is 5.52. The summed E-state index contributed by atoms with van der Waals surface area (Å²) in [6.45, 7) is 0. The molecule has 21 heavy (non-hydrogen) atoms. The summed E-state index contributed by atoms with van der Waals surface area (Å²) < 4.78 is 0. The van der Waals surface area contributed by atoms with Gasteiger partial charge in [-0.15, -0.1) is 0 Å². The van der Waals surface area contributed by atoms with Gasteiger partial charge in [-0.25, -0.2) is 0 Å². The minimum Gasteiger partial charge on any atom is -0.397 e. The molecule has 3 aromatic carbocycles. The van der Waals surface area contributed by atoms with Crippen molar-refractivity contribution < 1.29 is 0 Å². The van der Waals surface area contributed by atoms with E-state index in [1.54, 1.807) is 6.07 Å². The first kappa shape index (κ1) is 13.0. The fourth-order valence-electron chi connectivity index (χ4n) is 2.39. The molecule has 100 valence electrons. The van der Waals surface area contributed by atoms with Gasteiger partial charge < -0.3 is 5.73 Å². The lowest BCUT2D eigenvalue weighted by molar-refractivity contribution is 1.48. The van der Waals surface area contributed by atoms with Gasteiger partial charge in [0.05, 0.1) is 11.3 Å². The molecule has 0 aliphatic heterocycles. The van der Waals surface area contributed by atoms with Crippen LogP contribution in [0.25, 0.3) is 22.3 Å². The van der Waals surface area contributed by atoms with Gasteiger partial charge in [0, 0.05) is 5.56 Å². The lowest BCUT2D eigenvalue weighted by Crippen LogP contribution is -1.94. The molecule has 0 bridgehead atoms. The summed E-state index contributed by atoms with van der Waals surface area (Å²) >= 11 is 0. The van der Waals surface area contributed by atoms with Crippen molar-refractivity contribution in [2.24, 2.45) is 0 Å². The maximum absolute atomic E-state index is 9.05. The Labute approximate surface area is 124 Å². The van der Waals surface area contributed by atoms with Gasteiger partial charge in [-0.1, -0.05) is 66.7 Å². The Bertz CT molecular complexity index is 797. The summed E-state index contributed by atoms with van der Waals surface area (Å²) in [7, 11) is 0. The number of para-hydroxylation sites is 1. The quantitative estimate of drug-likeness (QED) is 0.698. The van der Waals surface area contributed by atoms with Crippen LogP contribution in [-0.2, 0) is 0 Å². The molecule has 3 rings (SSSR count). The first-order valence-corrected chi connectivity index (χ1v) is 6.74. The van der Waals surface area contributed by atoms with E-state index < -0.39 is 0 Å². The van der Waals surface area contributed by atoms with E-state index in [1.165, 1.54) is 5.56 Å². The van der Waals surface area contributed by atoms with E-state index in [0.717, 1.165) is 16.7 Å². The molecule has 0 amide bonds. The average molecular weight is 270 g/mol. The van der Waals surface area contributed by atoms with Crippen LogP contribution in [0, 0.1) is 11.3 Å². The average Bonchev–Trinajstić information content (AvgIpc) is 2.56. The fraction of sp³-hybridized carbons (Fsp3) is 0. The summed E-state index contributed by atoms with van der Waals surface area (Å²) in [5, 5.41) is 9.05. The lowest BCUT2D eigenvalue weighted by atomic mass is 9.98. The van der Waals surface area contributed by atoms with E-state index in [1.807, 2.05) is 42.5 Å². The van der Waals surface area contributed by atoms with Gasteiger partial charge in [0.1, 0.15) is 6.07 Å². The highest BCUT2D eigenvalue weighted by atomic mass is 14.6. The molecule has 0 radical (unpaired) electrons. The highest BCUT2D eigenvalue weighted by molar-refractivity contribution is 5.81. The summed E-state index contributed by atoms with van der Waals surface area (Å²) in [6, 6.07) is 26.1. The molecule has 0 heterocycles. The predicted molar refractivity (Wildman–Crippen MR) is 86.4 cm³/mol. The largest absolute Gasteiger partial charge is 0.397 e. The maximum Gasteiger partial charge on any atom is 0.101 e. The van der Waals surface area contributed by atoms with Crippen molar-refractivity contribution in [1.82, 2.24) is 0 Å². The second-order valence-electron chi connectivity index (χ2n) is 4.82. The first-order chi connectivity index (χ1) is 10.3. The topological polar surface area (TPSA) is 49.8 Å². The van der Waals surface area contributed by atoms with E-state index in [-0.39, 0.29) is 0 Å². The number of nitriles is 1. The number of nitrogens with zero attached hydrogens (tertiary/aromatic N) is 1. The van der Waals surface area contributed by atoms with Crippen LogP contribution in [0.1, 0.15) is 5.56 Å². The molecule has 0 saturated heterocycles. The number of nitrogen functional groups attached to an aromatic ring is 1. The minimum absolute atomic E-state index is 0.514. The van der Waals surface area contributed by atoms with Crippen LogP contribution in [0.4, 0.5) is 5.69 Å². The van der Waals surface area contributed by atoms with Crippen LogP contribution in [-0.4, -0.2) is 0 Å². The molecule has 0 fully saturated rings. The van der Waals surface area contributed by atoms with Gasteiger partial charge in [-0.2, -0.15) is 5.26 Å². The van der Waals surface area contributed by atoms with E-state index in [0.29, 0.717) is 11.3 Å². The highest BCUT2D eigenvalue weighted by Crippen LogP contribution is 2.30. The Balaban J connectivity index is 2.01. The van der Waals surface area contributed by atoms with Gasteiger partial charge in [0.15, 0.2) is 0 Å². The molecule has 3 aromatic rings. The SMILES string of the molecule is N#Cc1cccc(-c2ccc(-c3ccccc3)cc2)c1N. The van der Waals surface area contributed by atoms with Crippen LogP contribution in [0.15, 0.2) is 72.8 Å². The lowest BCUT2D eigenvalue weighted by Gasteiger charge is -2.08. The van der Waals surface area contributed by atoms with Crippen molar-refractivity contribution in [2.45, 2.75) is 0 Å². The van der Waals surface area contributed by atoms with Crippen molar-refractivity contribution in [3.63, 3.8) is 0 Å². The second-order valence-corrected chi connectivity index (χ2v) is 4.82. The molecular weight excluding hydrogens is 256 g/mol. The van der Waals surface area contributed by atoms with E-state index >= 15 is 0 Å². The highest BCUT2D eigenvalue weighted by Gasteiger charge is 2.06. The normalized spacial score (nSPS) is 10.0. The first-order valence-electron chi connectivity index (χ1n) is 6.74. The Morgan fingerprint density at radius 2 is 1.29 bits per heavy atom. The number of hydrogen-bond acceptors (Lipinski definition) is 2. The molecule has 0 aliphatic rings. The molecule has 0 unspecified atom stereocenters. The van der Waals surface area contributed by atoms with Crippen LogP contribution >= 0.6 is 0 Å². The molecule has 2 nitrogen and oxygen atoms in total. The Morgan fingerprint density at radius 1 is 0.667 bits per heavy atom. The molecule has 0 spiro atoms. The monoisotopic (exact) mass is 270 g/mol. The van der Waals surface area contributed by atoms with Crippen molar-refractivity contribution in [3.05, 3.63) is 78.4 Å². The standard InChI is InChI=1S/C19H14N2/c20-13-17-7-4-8-18(19(17)21)16-11-9-15(10-12-16)14-5-2-1-3-6-14/h1-12H,21H2. The van der Waals surface area contributed by atoms with E-state index in [2.05, 4.69) is 30.3 Å². The third kappa shape index (κ3) is 2.50. The number of hydrogen-bond donors (Lipinski definition) is 1. The molecule has 0 atom stereocenters. The predicted octanol–water partition coefficient (Wildman–Crippen LogP) is 4.47. The maximum atomic E-state index is 9.05. The summed E-state index contributed by atoms with van der Waals surface area (Å²) in [6.07, 6.45) is 0. The third-order valence-corrected chi connectivity index (χ3v) is 3.53. The van der Waals surface area contributed by atoms with Crippen LogP contribution in [0.2, 0.25) is 0 Å². The minimum atomic E-state index is 0.514. The molecule has 2 N–H and O–H groups in total. The Morgan fingerprint density at radius 3 is 1.95 bits per heavy atom. The van der Waals surface area contributed by atoms with Gasteiger partial charge in [0.25, 0.3) is 0 Å². The van der Waals surface area contributed by atoms with Crippen molar-refractivity contribution in [1.29, 1.82) is 5.26 Å². The Hall–Kier alpha value is -3.05. The molecule has 0 aliphatic carbocycles. The summed E-state index contributed by atoms with van der Waals surface area (Å²) in [5.74, 6) is 0. The number of anilines is 1. The zero-order chi connectivity index (χ0) is 14.7. The third-order valence-electron chi connectivity index (χ3n) is 3.53. The van der Waals surface area contributed by atoms with Crippen molar-refractivity contribution in [2.75, 3.05) is 5.73 Å². The van der Waals surface area contributed by atoms with Crippen molar-refractivity contribution >= 4 is 5.69 Å². The van der Waals surface area contributed by atoms with Crippen molar-refractivity contribution in [3.8, 4) is 28.3 Å². The summed E-state index contributed by atoms with van der Waals surface area (Å²) in [5.41, 5.74) is 11.4. The van der Waals surface area contributed by atoms with E-state index in [4.69, 9.17) is 11.0 Å². The number of rotatable bonds is 2. The van der Waals surface area contributed by atoms with E-state index in [9.17, 15) is 0 Å². The molecule has 0 saturated carbocycles. The van der Waals surface area contributed by atoms with Gasteiger partial charge in [0.2, 0.25) is 0 Å². The zero-order valence-electron chi connectivity index (χ0n) is 11.5. The van der Waals surface area contributed by atoms with Crippen LogP contribution < -0.4 is 5.73 Å². The van der Waals surface area contributed by atoms with Crippen LogP contribution in [0.3, 0.4) is 0 Å². The number of nitrogens with two attached hydrogens (primary N) is 1. The number of benzene rings is 3. The molecule has 2 heteroatoms. The molecule has 0 aromatic heterocycles. The molecular formula is C19H14N2. The van der Waals surface area contributed by atoms with Gasteiger partial charge in [-0.3, -0.25) is 0 Å². The summed E-state index contributed by atoms with van der Waals surface area (Å²) in [4.78, 5) is 0. The van der Waals surface area contributed by atoms with Gasteiger partial charge in [-0.05, 0) is 22.8 Å². The van der Waals surface area contributed by atoms with Crippen LogP contribution in [0.5, 0.6) is 0 Å². The smallest absolute Gasteiger partial charge is 0.101 e. The Kier molecular flexibility index (Phi) is 3.41.